The van der Waals surface area contributed by atoms with Gasteiger partial charge in [-0.05, 0) is 45.6 Å². The third-order valence-corrected chi connectivity index (χ3v) is 4.63. The van der Waals surface area contributed by atoms with Gasteiger partial charge in [-0.3, -0.25) is 20.4 Å². The molecule has 0 unspecified atom stereocenters. The number of amides is 2. The smallest absolute Gasteiger partial charge is 0.279 e. The van der Waals surface area contributed by atoms with Crippen LogP contribution >= 0.6 is 27.3 Å². The minimum absolute atomic E-state index is 0.169. The zero-order valence-electron chi connectivity index (χ0n) is 12.8. The van der Waals surface area contributed by atoms with Crippen LogP contribution < -0.4 is 15.6 Å². The van der Waals surface area contributed by atoms with Gasteiger partial charge in [0, 0.05) is 0 Å². The predicted octanol–water partition coefficient (Wildman–Crippen LogP) is 3.47. The molecular weight excluding hydrogens is 380 g/mol. The number of halogens is 1. The van der Waals surface area contributed by atoms with Gasteiger partial charge in [-0.1, -0.05) is 32.0 Å². The Labute approximate surface area is 147 Å². The molecule has 0 aliphatic heterocycles. The van der Waals surface area contributed by atoms with E-state index >= 15 is 0 Å². The molecule has 1 heterocycles. The van der Waals surface area contributed by atoms with Gasteiger partial charge in [0.2, 0.25) is 0 Å². The molecule has 1 aromatic heterocycles. The number of hydrogen-bond donors (Lipinski definition) is 2. The Morgan fingerprint density at radius 2 is 1.91 bits per heavy atom. The minimum Gasteiger partial charge on any atom is -0.483 e. The molecule has 0 bridgehead atoms. The summed E-state index contributed by atoms with van der Waals surface area (Å²) >= 11 is 4.57. The van der Waals surface area contributed by atoms with Gasteiger partial charge in [-0.15, -0.1) is 11.3 Å². The van der Waals surface area contributed by atoms with E-state index in [2.05, 4.69) is 40.6 Å². The molecule has 0 spiro atoms. The molecule has 23 heavy (non-hydrogen) atoms. The minimum atomic E-state index is -0.424. The highest BCUT2D eigenvalue weighted by molar-refractivity contribution is 9.11. The molecule has 0 atom stereocenters. The van der Waals surface area contributed by atoms with E-state index in [1.54, 1.807) is 12.1 Å². The van der Waals surface area contributed by atoms with Gasteiger partial charge in [0.25, 0.3) is 11.8 Å². The van der Waals surface area contributed by atoms with Gasteiger partial charge >= 0.3 is 0 Å². The monoisotopic (exact) mass is 396 g/mol. The number of ether oxygens (including phenoxy) is 1. The van der Waals surface area contributed by atoms with Crippen molar-refractivity contribution < 1.29 is 14.3 Å². The molecule has 0 aliphatic rings. The number of carbonyl (C=O) groups excluding carboxylic acids is 2. The summed E-state index contributed by atoms with van der Waals surface area (Å²) in [6, 6.07) is 11.0. The molecule has 2 N–H and O–H groups in total. The summed E-state index contributed by atoms with van der Waals surface area (Å²) in [5.74, 6) is 0.182. The van der Waals surface area contributed by atoms with Crippen LogP contribution in [0.5, 0.6) is 5.75 Å². The molecule has 5 nitrogen and oxygen atoms in total. The van der Waals surface area contributed by atoms with E-state index in [4.69, 9.17) is 4.74 Å². The maximum absolute atomic E-state index is 11.8. The Morgan fingerprint density at radius 3 is 2.57 bits per heavy atom. The fraction of sp³-hybridized carbons (Fsp3) is 0.250. The van der Waals surface area contributed by atoms with E-state index in [0.29, 0.717) is 16.5 Å². The van der Waals surface area contributed by atoms with Crippen LogP contribution in [0.4, 0.5) is 0 Å². The third-order valence-electron chi connectivity index (χ3n) is 3.01. The number of benzene rings is 1. The molecule has 7 heteroatoms. The number of para-hydroxylation sites is 1. The fourth-order valence-corrected chi connectivity index (χ4v) is 3.17. The molecule has 0 fully saturated rings. The lowest BCUT2D eigenvalue weighted by Crippen LogP contribution is -2.43. The molecule has 2 amide bonds. The lowest BCUT2D eigenvalue weighted by Gasteiger charge is -2.13. The normalized spacial score (nSPS) is 10.4. The van der Waals surface area contributed by atoms with Crippen LogP contribution in [-0.2, 0) is 4.79 Å². The molecule has 0 aliphatic carbocycles. The number of hydrogen-bond acceptors (Lipinski definition) is 4. The average Bonchev–Trinajstić information content (AvgIpc) is 2.97. The summed E-state index contributed by atoms with van der Waals surface area (Å²) in [6.45, 7) is 3.95. The number of carbonyl (C=O) groups is 2. The second-order valence-corrected chi connectivity index (χ2v) is 7.55. The summed E-state index contributed by atoms with van der Waals surface area (Å²) in [5.41, 5.74) is 5.73. The molecular formula is C16H17BrN2O3S. The quantitative estimate of drug-likeness (QED) is 0.760. The van der Waals surface area contributed by atoms with Crippen molar-refractivity contribution in [3.63, 3.8) is 0 Å². The highest BCUT2D eigenvalue weighted by Gasteiger charge is 2.11. The van der Waals surface area contributed by atoms with Crippen molar-refractivity contribution in [1.82, 2.24) is 10.9 Å². The van der Waals surface area contributed by atoms with Gasteiger partial charge in [0.05, 0.1) is 8.66 Å². The van der Waals surface area contributed by atoms with Crippen LogP contribution in [0.2, 0.25) is 0 Å². The van der Waals surface area contributed by atoms with E-state index in [0.717, 1.165) is 9.35 Å². The topological polar surface area (TPSA) is 67.4 Å². The third kappa shape index (κ3) is 5.07. The van der Waals surface area contributed by atoms with Crippen molar-refractivity contribution >= 4 is 39.1 Å². The van der Waals surface area contributed by atoms with Crippen LogP contribution in [0.15, 0.2) is 40.2 Å². The molecule has 0 saturated heterocycles. The van der Waals surface area contributed by atoms with Gasteiger partial charge in [-0.2, -0.15) is 0 Å². The highest BCUT2D eigenvalue weighted by atomic mass is 79.9. The maximum Gasteiger partial charge on any atom is 0.279 e. The first-order valence-corrected chi connectivity index (χ1v) is 8.64. The van der Waals surface area contributed by atoms with E-state index < -0.39 is 5.91 Å². The van der Waals surface area contributed by atoms with Crippen molar-refractivity contribution in [2.45, 2.75) is 19.8 Å². The number of hydrazine groups is 1. The first-order valence-electron chi connectivity index (χ1n) is 7.03. The molecule has 1 aromatic carbocycles. The second-order valence-electron chi connectivity index (χ2n) is 5.09. The van der Waals surface area contributed by atoms with Crippen LogP contribution in [0.1, 0.15) is 35.0 Å². The van der Waals surface area contributed by atoms with Crippen molar-refractivity contribution in [3.05, 3.63) is 50.6 Å². The first kappa shape index (κ1) is 17.5. The van der Waals surface area contributed by atoms with E-state index in [1.807, 2.05) is 24.3 Å². The molecule has 2 rings (SSSR count). The van der Waals surface area contributed by atoms with Crippen molar-refractivity contribution in [2.75, 3.05) is 6.61 Å². The first-order chi connectivity index (χ1) is 11.0. The lowest BCUT2D eigenvalue weighted by atomic mass is 10.0. The Kier molecular flexibility index (Phi) is 6.18. The maximum atomic E-state index is 11.8. The molecule has 0 saturated carbocycles. The van der Waals surface area contributed by atoms with Gasteiger partial charge in [-0.25, -0.2) is 0 Å². The van der Waals surface area contributed by atoms with Crippen LogP contribution in [0.25, 0.3) is 0 Å². The number of nitrogens with one attached hydrogen (secondary N) is 2. The zero-order valence-corrected chi connectivity index (χ0v) is 15.2. The lowest BCUT2D eigenvalue weighted by molar-refractivity contribution is -0.123. The van der Waals surface area contributed by atoms with Crippen LogP contribution in [0, 0.1) is 0 Å². The van der Waals surface area contributed by atoms with Crippen molar-refractivity contribution in [3.8, 4) is 5.75 Å². The Morgan fingerprint density at radius 1 is 1.17 bits per heavy atom. The molecule has 122 valence electrons. The van der Waals surface area contributed by atoms with Gasteiger partial charge in [0.15, 0.2) is 6.61 Å². The number of rotatable bonds is 5. The zero-order chi connectivity index (χ0) is 16.8. The van der Waals surface area contributed by atoms with E-state index in [9.17, 15) is 9.59 Å². The predicted molar refractivity (Wildman–Crippen MR) is 93.7 cm³/mol. The van der Waals surface area contributed by atoms with Crippen LogP contribution in [0.3, 0.4) is 0 Å². The fourth-order valence-electron chi connectivity index (χ4n) is 1.89. The summed E-state index contributed by atoms with van der Waals surface area (Å²) in [4.78, 5) is 24.1. The number of thiophene rings is 1. The van der Waals surface area contributed by atoms with Gasteiger partial charge < -0.3 is 4.74 Å². The molecule has 2 aromatic rings. The van der Waals surface area contributed by atoms with E-state index in [-0.39, 0.29) is 12.5 Å². The summed E-state index contributed by atoms with van der Waals surface area (Å²) < 4.78 is 6.38. The molecule has 0 radical (unpaired) electrons. The average molecular weight is 397 g/mol. The summed E-state index contributed by atoms with van der Waals surface area (Å²) in [5, 5.41) is 0. The Balaban J connectivity index is 1.83. The summed E-state index contributed by atoms with van der Waals surface area (Å²) in [7, 11) is 0. The van der Waals surface area contributed by atoms with Crippen LogP contribution in [-0.4, -0.2) is 18.4 Å². The highest BCUT2D eigenvalue weighted by Crippen LogP contribution is 2.25. The van der Waals surface area contributed by atoms with Crippen molar-refractivity contribution in [2.24, 2.45) is 0 Å². The van der Waals surface area contributed by atoms with E-state index in [1.165, 1.54) is 11.3 Å². The van der Waals surface area contributed by atoms with Crippen molar-refractivity contribution in [1.29, 1.82) is 0 Å². The standard InChI is InChI=1S/C16H17BrN2O3S/c1-10(2)11-5-3-4-6-12(11)22-9-15(20)18-19-16(21)13-7-8-14(17)23-13/h3-8,10H,9H2,1-2H3,(H,18,20)(H,19,21). The Hall–Kier alpha value is -1.86. The summed E-state index contributed by atoms with van der Waals surface area (Å²) in [6.07, 6.45) is 0. The largest absolute Gasteiger partial charge is 0.483 e. The van der Waals surface area contributed by atoms with Gasteiger partial charge in [0.1, 0.15) is 5.75 Å². The Bertz CT molecular complexity index is 700. The second kappa shape index (κ2) is 8.12. The SMILES string of the molecule is CC(C)c1ccccc1OCC(=O)NNC(=O)c1ccc(Br)s1.